The van der Waals surface area contributed by atoms with Crippen molar-refractivity contribution in [2.24, 2.45) is 5.92 Å². The summed E-state index contributed by atoms with van der Waals surface area (Å²) < 4.78 is 0. The second-order valence-corrected chi connectivity index (χ2v) is 4.37. The number of pyridine rings is 1. The molecule has 15 heavy (non-hydrogen) atoms. The van der Waals surface area contributed by atoms with Crippen LogP contribution in [0.3, 0.4) is 0 Å². The number of carbonyl (C=O) groups is 1. The van der Waals surface area contributed by atoms with Gasteiger partial charge in [-0.2, -0.15) is 0 Å². The van der Waals surface area contributed by atoms with Gasteiger partial charge < -0.3 is 0 Å². The zero-order chi connectivity index (χ0) is 10.7. The minimum atomic E-state index is 0.229. The van der Waals surface area contributed by atoms with Crippen LogP contribution in [0.1, 0.15) is 48.2 Å². The number of ketones is 1. The van der Waals surface area contributed by atoms with Crippen LogP contribution in [0, 0.1) is 12.8 Å². The van der Waals surface area contributed by atoms with Crippen LogP contribution in [-0.2, 0) is 0 Å². The molecule has 1 aliphatic carbocycles. The number of Topliss-reactive ketones (excluding diaryl/α,β-unsaturated/α-hetero) is 1. The normalized spacial score (nSPS) is 17.7. The summed E-state index contributed by atoms with van der Waals surface area (Å²) in [7, 11) is 0. The standard InChI is InChI=1S/C13H17NO/c1-10-6-5-9-14-12(10)13(15)11-7-3-2-4-8-11/h5-6,9,11H,2-4,7-8H2,1H3. The molecule has 1 saturated carbocycles. The molecule has 1 aromatic rings. The Morgan fingerprint density at radius 2 is 2.07 bits per heavy atom. The van der Waals surface area contributed by atoms with Gasteiger partial charge in [-0.1, -0.05) is 25.3 Å². The first kappa shape index (κ1) is 10.3. The summed E-state index contributed by atoms with van der Waals surface area (Å²) in [6.45, 7) is 1.96. The molecule has 0 aromatic carbocycles. The highest BCUT2D eigenvalue weighted by atomic mass is 16.1. The third kappa shape index (κ3) is 2.25. The van der Waals surface area contributed by atoms with E-state index in [0.29, 0.717) is 5.69 Å². The highest BCUT2D eigenvalue weighted by Gasteiger charge is 2.23. The van der Waals surface area contributed by atoms with Crippen LogP contribution < -0.4 is 0 Å². The van der Waals surface area contributed by atoms with E-state index in [0.717, 1.165) is 18.4 Å². The van der Waals surface area contributed by atoms with E-state index in [-0.39, 0.29) is 11.7 Å². The van der Waals surface area contributed by atoms with Crippen molar-refractivity contribution in [3.05, 3.63) is 29.6 Å². The van der Waals surface area contributed by atoms with E-state index in [4.69, 9.17) is 0 Å². The van der Waals surface area contributed by atoms with Crippen LogP contribution in [-0.4, -0.2) is 10.8 Å². The molecule has 0 atom stereocenters. The van der Waals surface area contributed by atoms with Crippen LogP contribution in [0.25, 0.3) is 0 Å². The van der Waals surface area contributed by atoms with Crippen LogP contribution >= 0.6 is 0 Å². The second-order valence-electron chi connectivity index (χ2n) is 4.37. The Kier molecular flexibility index (Phi) is 3.14. The van der Waals surface area contributed by atoms with Crippen molar-refractivity contribution in [2.75, 3.05) is 0 Å². The van der Waals surface area contributed by atoms with Gasteiger partial charge in [0.25, 0.3) is 0 Å². The molecule has 0 amide bonds. The van der Waals surface area contributed by atoms with E-state index < -0.39 is 0 Å². The Morgan fingerprint density at radius 3 is 2.73 bits per heavy atom. The zero-order valence-electron chi connectivity index (χ0n) is 9.20. The van der Waals surface area contributed by atoms with E-state index in [1.165, 1.54) is 19.3 Å². The van der Waals surface area contributed by atoms with Gasteiger partial charge in [0.2, 0.25) is 0 Å². The average Bonchev–Trinajstić information content (AvgIpc) is 2.30. The minimum absolute atomic E-state index is 0.229. The Balaban J connectivity index is 2.16. The molecule has 80 valence electrons. The number of nitrogens with zero attached hydrogens (tertiary/aromatic N) is 1. The molecule has 0 radical (unpaired) electrons. The molecule has 0 saturated heterocycles. The van der Waals surface area contributed by atoms with Gasteiger partial charge in [-0.15, -0.1) is 0 Å². The summed E-state index contributed by atoms with van der Waals surface area (Å²) >= 11 is 0. The predicted octanol–water partition coefficient (Wildman–Crippen LogP) is 3.15. The Morgan fingerprint density at radius 1 is 1.33 bits per heavy atom. The van der Waals surface area contributed by atoms with Crippen LogP contribution in [0.4, 0.5) is 0 Å². The van der Waals surface area contributed by atoms with E-state index in [1.54, 1.807) is 6.20 Å². The van der Waals surface area contributed by atoms with Crippen molar-refractivity contribution >= 4 is 5.78 Å². The first-order chi connectivity index (χ1) is 7.29. The number of hydrogen-bond acceptors (Lipinski definition) is 2. The fraction of sp³-hybridized carbons (Fsp3) is 0.538. The molecule has 1 fully saturated rings. The second kappa shape index (κ2) is 4.56. The first-order valence-electron chi connectivity index (χ1n) is 5.75. The van der Waals surface area contributed by atoms with Gasteiger partial charge >= 0.3 is 0 Å². The average molecular weight is 203 g/mol. The maximum atomic E-state index is 12.2. The number of hydrogen-bond donors (Lipinski definition) is 0. The molecule has 0 bridgehead atoms. The SMILES string of the molecule is Cc1cccnc1C(=O)C1CCCCC1. The summed E-state index contributed by atoms with van der Waals surface area (Å²) in [5.41, 5.74) is 1.69. The smallest absolute Gasteiger partial charge is 0.184 e. The summed E-state index contributed by atoms with van der Waals surface area (Å²) in [6.07, 6.45) is 7.49. The minimum Gasteiger partial charge on any atom is -0.292 e. The number of carbonyl (C=O) groups excluding carboxylic acids is 1. The Bertz CT molecular complexity index is 353. The molecule has 1 aromatic heterocycles. The summed E-state index contributed by atoms with van der Waals surface area (Å²) in [4.78, 5) is 16.4. The number of rotatable bonds is 2. The number of aryl methyl sites for hydroxylation is 1. The highest BCUT2D eigenvalue weighted by molar-refractivity contribution is 5.97. The predicted molar refractivity (Wildman–Crippen MR) is 59.9 cm³/mol. The maximum Gasteiger partial charge on any atom is 0.184 e. The van der Waals surface area contributed by atoms with Gasteiger partial charge in [0, 0.05) is 12.1 Å². The fourth-order valence-electron chi connectivity index (χ4n) is 2.30. The van der Waals surface area contributed by atoms with Crippen LogP contribution in [0.2, 0.25) is 0 Å². The molecule has 2 heteroatoms. The largest absolute Gasteiger partial charge is 0.292 e. The monoisotopic (exact) mass is 203 g/mol. The van der Waals surface area contributed by atoms with Crippen LogP contribution in [0.5, 0.6) is 0 Å². The number of aromatic nitrogens is 1. The summed E-state index contributed by atoms with van der Waals surface area (Å²) in [5, 5.41) is 0. The lowest BCUT2D eigenvalue weighted by molar-refractivity contribution is 0.0883. The van der Waals surface area contributed by atoms with Crippen molar-refractivity contribution in [1.29, 1.82) is 0 Å². The molecule has 0 unspecified atom stereocenters. The van der Waals surface area contributed by atoms with E-state index in [2.05, 4.69) is 4.98 Å². The molecule has 1 aliphatic rings. The van der Waals surface area contributed by atoms with Gasteiger partial charge in [0.15, 0.2) is 5.78 Å². The topological polar surface area (TPSA) is 30.0 Å². The third-order valence-electron chi connectivity index (χ3n) is 3.22. The molecular formula is C13H17NO. The molecule has 1 heterocycles. The van der Waals surface area contributed by atoms with E-state index >= 15 is 0 Å². The molecule has 0 spiro atoms. The lowest BCUT2D eigenvalue weighted by Crippen LogP contribution is -2.19. The van der Waals surface area contributed by atoms with Gasteiger partial charge in [0.1, 0.15) is 5.69 Å². The van der Waals surface area contributed by atoms with Crippen molar-refractivity contribution in [1.82, 2.24) is 4.98 Å². The first-order valence-corrected chi connectivity index (χ1v) is 5.75. The molecule has 2 rings (SSSR count). The van der Waals surface area contributed by atoms with Gasteiger partial charge in [-0.25, -0.2) is 0 Å². The quantitative estimate of drug-likeness (QED) is 0.691. The molecule has 2 nitrogen and oxygen atoms in total. The lowest BCUT2D eigenvalue weighted by Gasteiger charge is -2.20. The summed E-state index contributed by atoms with van der Waals surface area (Å²) in [5.74, 6) is 0.486. The van der Waals surface area contributed by atoms with Gasteiger partial charge in [-0.05, 0) is 31.4 Å². The van der Waals surface area contributed by atoms with Crippen molar-refractivity contribution in [3.8, 4) is 0 Å². The van der Waals surface area contributed by atoms with Crippen molar-refractivity contribution in [3.63, 3.8) is 0 Å². The van der Waals surface area contributed by atoms with Crippen molar-refractivity contribution < 1.29 is 4.79 Å². The summed E-state index contributed by atoms with van der Waals surface area (Å²) in [6, 6.07) is 3.84. The zero-order valence-corrected chi connectivity index (χ0v) is 9.20. The van der Waals surface area contributed by atoms with E-state index in [9.17, 15) is 4.79 Å². The van der Waals surface area contributed by atoms with Crippen molar-refractivity contribution in [2.45, 2.75) is 39.0 Å². The molecule has 0 aliphatic heterocycles. The molecule has 0 N–H and O–H groups in total. The molecular weight excluding hydrogens is 186 g/mol. The lowest BCUT2D eigenvalue weighted by atomic mass is 9.84. The fourth-order valence-corrected chi connectivity index (χ4v) is 2.30. The van der Waals surface area contributed by atoms with Crippen LogP contribution in [0.15, 0.2) is 18.3 Å². The van der Waals surface area contributed by atoms with E-state index in [1.807, 2.05) is 19.1 Å². The van der Waals surface area contributed by atoms with Gasteiger partial charge in [0.05, 0.1) is 0 Å². The van der Waals surface area contributed by atoms with Gasteiger partial charge in [-0.3, -0.25) is 9.78 Å². The Labute approximate surface area is 90.7 Å². The Hall–Kier alpha value is -1.18. The maximum absolute atomic E-state index is 12.2. The third-order valence-corrected chi connectivity index (χ3v) is 3.22. The highest BCUT2D eigenvalue weighted by Crippen LogP contribution is 2.26.